The van der Waals surface area contributed by atoms with Gasteiger partial charge in [0.1, 0.15) is 5.75 Å². The molecule has 0 spiro atoms. The molecule has 1 unspecified atom stereocenters. The van der Waals surface area contributed by atoms with Crippen LogP contribution in [0.15, 0.2) is 53.7 Å². The number of hydrogen-bond donors (Lipinski definition) is 0. The summed E-state index contributed by atoms with van der Waals surface area (Å²) in [5.41, 5.74) is 0.842. The summed E-state index contributed by atoms with van der Waals surface area (Å²) in [5.74, 6) is -0.0516. The molecule has 1 aromatic carbocycles. The van der Waals surface area contributed by atoms with Crippen LogP contribution >= 0.6 is 0 Å². The van der Waals surface area contributed by atoms with Gasteiger partial charge in [-0.3, -0.25) is 9.19 Å². The maximum Gasteiger partial charge on any atom is 0.573 e. The van der Waals surface area contributed by atoms with Crippen molar-refractivity contribution in [2.24, 2.45) is 0 Å². The highest BCUT2D eigenvalue weighted by Crippen LogP contribution is 2.24. The Bertz CT molecular complexity index is 585. The molecule has 0 fully saturated rings. The summed E-state index contributed by atoms with van der Waals surface area (Å²) in [6.07, 6.45) is -1.54. The number of hydrogen-bond acceptors (Lipinski definition) is 3. The Hall–Kier alpha value is -1.89. The predicted octanol–water partition coefficient (Wildman–Crippen LogP) is 3.29. The Kier molecular flexibility index (Phi) is 4.39. The molecule has 0 bridgehead atoms. The van der Waals surface area contributed by atoms with E-state index < -0.39 is 17.2 Å². The maximum absolute atomic E-state index is 12.0. The van der Waals surface area contributed by atoms with Crippen LogP contribution in [0.5, 0.6) is 5.75 Å². The fourth-order valence-corrected chi connectivity index (χ4v) is 2.61. The van der Waals surface area contributed by atoms with E-state index in [9.17, 15) is 17.4 Å². The third-order valence-corrected chi connectivity index (χ3v) is 3.76. The second-order valence-corrected chi connectivity index (χ2v) is 5.32. The Morgan fingerprint density at radius 2 is 1.65 bits per heavy atom. The van der Waals surface area contributed by atoms with Gasteiger partial charge in [-0.2, -0.15) is 0 Å². The summed E-state index contributed by atoms with van der Waals surface area (Å²) in [4.78, 5) is 4.29. The van der Waals surface area contributed by atoms with E-state index >= 15 is 0 Å². The van der Waals surface area contributed by atoms with Gasteiger partial charge in [0.05, 0.1) is 16.6 Å². The molecule has 3 nitrogen and oxygen atoms in total. The lowest BCUT2D eigenvalue weighted by molar-refractivity contribution is -0.274. The summed E-state index contributed by atoms with van der Waals surface area (Å²) < 4.78 is 51.8. The zero-order valence-electron chi connectivity index (χ0n) is 10.1. The van der Waals surface area contributed by atoms with Crippen LogP contribution in [0.2, 0.25) is 0 Å². The van der Waals surface area contributed by atoms with Crippen molar-refractivity contribution in [2.75, 3.05) is 0 Å². The molecule has 1 heterocycles. The number of pyridine rings is 1. The van der Waals surface area contributed by atoms with Gasteiger partial charge in [0, 0.05) is 17.3 Å². The molecular weight excluding hydrogens is 291 g/mol. The van der Waals surface area contributed by atoms with Crippen LogP contribution in [0.25, 0.3) is 0 Å². The molecule has 2 aromatic rings. The van der Waals surface area contributed by atoms with Crippen molar-refractivity contribution in [1.82, 2.24) is 4.98 Å². The van der Waals surface area contributed by atoms with E-state index in [0.29, 0.717) is 4.90 Å². The van der Waals surface area contributed by atoms with Gasteiger partial charge in [-0.15, -0.1) is 13.2 Å². The first-order chi connectivity index (χ1) is 9.44. The van der Waals surface area contributed by atoms with Crippen molar-refractivity contribution in [3.63, 3.8) is 0 Å². The number of ether oxygens (including phenoxy) is 1. The summed E-state index contributed by atoms with van der Waals surface area (Å²) >= 11 is 0. The van der Waals surface area contributed by atoms with E-state index in [1.807, 2.05) is 0 Å². The number of halogens is 3. The van der Waals surface area contributed by atoms with Gasteiger partial charge in [0.25, 0.3) is 0 Å². The molecule has 0 saturated heterocycles. The average molecular weight is 301 g/mol. The van der Waals surface area contributed by atoms with E-state index in [0.717, 1.165) is 17.7 Å². The van der Waals surface area contributed by atoms with Crippen molar-refractivity contribution in [3.05, 3.63) is 54.4 Å². The lowest BCUT2D eigenvalue weighted by Gasteiger charge is -2.09. The highest BCUT2D eigenvalue weighted by Gasteiger charge is 2.31. The zero-order chi connectivity index (χ0) is 14.6. The summed E-state index contributed by atoms with van der Waals surface area (Å²) in [6.45, 7) is 0. The van der Waals surface area contributed by atoms with Crippen LogP contribution in [0.3, 0.4) is 0 Å². The molecule has 0 radical (unpaired) electrons. The molecule has 0 aliphatic heterocycles. The summed E-state index contributed by atoms with van der Waals surface area (Å²) in [7, 11) is -1.33. The Morgan fingerprint density at radius 1 is 1.05 bits per heavy atom. The second kappa shape index (κ2) is 6.04. The number of aromatic nitrogens is 1. The van der Waals surface area contributed by atoms with Crippen LogP contribution in [-0.4, -0.2) is 15.6 Å². The van der Waals surface area contributed by atoms with Crippen LogP contribution in [0, 0.1) is 0 Å². The lowest BCUT2D eigenvalue weighted by Crippen LogP contribution is -2.17. The normalized spacial score (nSPS) is 12.9. The Morgan fingerprint density at radius 3 is 2.20 bits per heavy atom. The number of benzene rings is 1. The van der Waals surface area contributed by atoms with Crippen LogP contribution in [0.4, 0.5) is 13.2 Å². The molecule has 1 atom stereocenters. The van der Waals surface area contributed by atoms with Gasteiger partial charge >= 0.3 is 6.36 Å². The van der Waals surface area contributed by atoms with Crippen molar-refractivity contribution in [2.45, 2.75) is 17.0 Å². The number of alkyl halides is 3. The molecule has 0 saturated carbocycles. The zero-order valence-corrected chi connectivity index (χ0v) is 10.9. The molecule has 0 aliphatic rings. The largest absolute Gasteiger partial charge is 0.573 e. The van der Waals surface area contributed by atoms with Gasteiger partial charge in [-0.25, -0.2) is 0 Å². The van der Waals surface area contributed by atoms with Crippen molar-refractivity contribution in [1.29, 1.82) is 0 Å². The molecule has 0 amide bonds. The van der Waals surface area contributed by atoms with E-state index in [-0.39, 0.29) is 11.5 Å². The van der Waals surface area contributed by atoms with Gasteiger partial charge in [-0.05, 0) is 42.0 Å². The average Bonchev–Trinajstić information content (AvgIpc) is 2.39. The van der Waals surface area contributed by atoms with Gasteiger partial charge in [-0.1, -0.05) is 0 Å². The standard InChI is InChI=1S/C13H10F3NO2S/c14-13(15,16)19-11-1-3-12(4-2-11)20(18)9-10-5-7-17-8-6-10/h1-8H,9H2. The minimum Gasteiger partial charge on any atom is -0.406 e. The van der Waals surface area contributed by atoms with E-state index in [1.54, 1.807) is 24.5 Å². The van der Waals surface area contributed by atoms with Crippen LogP contribution in [-0.2, 0) is 16.6 Å². The molecule has 20 heavy (non-hydrogen) atoms. The first-order valence-corrected chi connectivity index (χ1v) is 6.89. The fourth-order valence-electron chi connectivity index (χ4n) is 1.51. The van der Waals surface area contributed by atoms with E-state index in [1.165, 1.54) is 12.1 Å². The maximum atomic E-state index is 12.0. The molecule has 0 N–H and O–H groups in total. The molecule has 2 rings (SSSR count). The van der Waals surface area contributed by atoms with Crippen molar-refractivity contribution < 1.29 is 22.1 Å². The number of nitrogens with zero attached hydrogens (tertiary/aromatic N) is 1. The highest BCUT2D eigenvalue weighted by atomic mass is 32.2. The lowest BCUT2D eigenvalue weighted by atomic mass is 10.3. The second-order valence-electron chi connectivity index (χ2n) is 3.86. The van der Waals surface area contributed by atoms with Gasteiger partial charge < -0.3 is 4.74 Å². The fraction of sp³-hybridized carbons (Fsp3) is 0.154. The molecule has 0 aliphatic carbocycles. The third kappa shape index (κ3) is 4.34. The topological polar surface area (TPSA) is 39.2 Å². The minimum atomic E-state index is -4.72. The van der Waals surface area contributed by atoms with E-state index in [4.69, 9.17) is 0 Å². The van der Waals surface area contributed by atoms with Crippen LogP contribution < -0.4 is 4.74 Å². The predicted molar refractivity (Wildman–Crippen MR) is 67.5 cm³/mol. The molecule has 1 aromatic heterocycles. The van der Waals surface area contributed by atoms with Gasteiger partial charge in [0.2, 0.25) is 0 Å². The molecule has 106 valence electrons. The Balaban J connectivity index is 2.04. The van der Waals surface area contributed by atoms with Crippen molar-refractivity contribution in [3.8, 4) is 5.75 Å². The quantitative estimate of drug-likeness (QED) is 0.870. The summed E-state index contributed by atoms with van der Waals surface area (Å²) in [5, 5.41) is 0. The SMILES string of the molecule is O=S(Cc1ccncc1)c1ccc(OC(F)(F)F)cc1. The van der Waals surface area contributed by atoms with Crippen LogP contribution in [0.1, 0.15) is 5.56 Å². The minimum absolute atomic E-state index is 0.280. The molecular formula is C13H10F3NO2S. The first-order valence-electron chi connectivity index (χ1n) is 5.57. The summed E-state index contributed by atoms with van der Waals surface area (Å²) in [6, 6.07) is 8.48. The Labute approximate surface area is 115 Å². The van der Waals surface area contributed by atoms with E-state index in [2.05, 4.69) is 9.72 Å². The third-order valence-electron chi connectivity index (χ3n) is 2.37. The smallest absolute Gasteiger partial charge is 0.406 e. The highest BCUT2D eigenvalue weighted by molar-refractivity contribution is 7.84. The van der Waals surface area contributed by atoms with Crippen molar-refractivity contribution >= 4 is 10.8 Å². The monoisotopic (exact) mass is 301 g/mol. The van der Waals surface area contributed by atoms with Gasteiger partial charge in [0.15, 0.2) is 0 Å². The first kappa shape index (κ1) is 14.5. The number of rotatable bonds is 4. The molecule has 7 heteroatoms.